The van der Waals surface area contributed by atoms with Crippen LogP contribution in [0.2, 0.25) is 0 Å². The second-order valence-corrected chi connectivity index (χ2v) is 7.38. The largest absolute Gasteiger partial charge is 0.483 e. The Labute approximate surface area is 146 Å². The second kappa shape index (κ2) is 6.94. The second-order valence-electron chi connectivity index (χ2n) is 5.57. The third kappa shape index (κ3) is 3.64. The number of benzene rings is 2. The van der Waals surface area contributed by atoms with Gasteiger partial charge in [0.25, 0.3) is 10.0 Å². The van der Waals surface area contributed by atoms with Gasteiger partial charge in [-0.15, -0.1) is 0 Å². The van der Waals surface area contributed by atoms with Gasteiger partial charge in [-0.1, -0.05) is 48.0 Å². The quantitative estimate of drug-likeness (QED) is 0.706. The Morgan fingerprint density at radius 2 is 1.60 bits per heavy atom. The molecular weight excluding hydrogens is 338 g/mol. The summed E-state index contributed by atoms with van der Waals surface area (Å²) in [5, 5.41) is 0. The maximum atomic E-state index is 12.7. The van der Waals surface area contributed by atoms with Gasteiger partial charge in [-0.2, -0.15) is 0 Å². The molecule has 128 valence electrons. The van der Waals surface area contributed by atoms with E-state index in [1.54, 1.807) is 12.1 Å². The zero-order valence-electron chi connectivity index (χ0n) is 13.6. The van der Waals surface area contributed by atoms with Crippen molar-refractivity contribution < 1.29 is 13.2 Å². The summed E-state index contributed by atoms with van der Waals surface area (Å²) in [7, 11) is -3.97. The number of rotatable bonds is 5. The molecule has 0 saturated carbocycles. The summed E-state index contributed by atoms with van der Waals surface area (Å²) in [5.74, 6) is -0.0120. The first-order chi connectivity index (χ1) is 12.0. The predicted octanol–water partition coefficient (Wildman–Crippen LogP) is 2.97. The fourth-order valence-electron chi connectivity index (χ4n) is 2.31. The molecule has 0 aliphatic carbocycles. The Kier molecular flexibility index (Phi) is 4.72. The molecule has 2 aromatic carbocycles. The summed E-state index contributed by atoms with van der Waals surface area (Å²) in [6.07, 6.45) is 1.23. The highest BCUT2D eigenvalue weighted by molar-refractivity contribution is 7.90. The number of hydrogen-bond acceptors (Lipinski definition) is 4. The number of ether oxygens (including phenoxy) is 1. The van der Waals surface area contributed by atoms with Crippen LogP contribution in [0.25, 0.3) is 0 Å². The van der Waals surface area contributed by atoms with Crippen molar-refractivity contribution >= 4 is 10.0 Å². The molecule has 1 aromatic heterocycles. The first-order valence-corrected chi connectivity index (χ1v) is 9.13. The van der Waals surface area contributed by atoms with Crippen LogP contribution in [0.15, 0.2) is 82.6 Å². The molecule has 0 atom stereocenters. The molecule has 6 heteroatoms. The van der Waals surface area contributed by atoms with Crippen LogP contribution in [-0.2, 0) is 16.6 Å². The molecule has 3 rings (SSSR count). The Morgan fingerprint density at radius 1 is 0.920 bits per heavy atom. The predicted molar refractivity (Wildman–Crippen MR) is 95.2 cm³/mol. The van der Waals surface area contributed by atoms with Crippen molar-refractivity contribution in [3.63, 3.8) is 0 Å². The molecule has 3 aromatic rings. The number of pyridine rings is 1. The normalized spacial score (nSPS) is 11.2. The first-order valence-electron chi connectivity index (χ1n) is 7.69. The minimum Gasteiger partial charge on any atom is -0.483 e. The van der Waals surface area contributed by atoms with Crippen molar-refractivity contribution in [3.05, 3.63) is 94.4 Å². The van der Waals surface area contributed by atoms with Gasteiger partial charge in [0, 0.05) is 6.20 Å². The maximum absolute atomic E-state index is 12.7. The lowest BCUT2D eigenvalue weighted by Crippen LogP contribution is -2.27. The molecule has 0 amide bonds. The minimum absolute atomic E-state index is 0.0120. The fraction of sp³-hybridized carbons (Fsp3) is 0.105. The van der Waals surface area contributed by atoms with Crippen LogP contribution in [0.5, 0.6) is 5.75 Å². The lowest BCUT2D eigenvalue weighted by atomic mass is 10.2. The summed E-state index contributed by atoms with van der Waals surface area (Å²) in [5.41, 5.74) is 1.11. The summed E-state index contributed by atoms with van der Waals surface area (Å²) in [6.45, 7) is 2.05. The van der Waals surface area contributed by atoms with E-state index in [9.17, 15) is 13.2 Å². The number of aryl methyl sites for hydroxylation is 1. The molecule has 0 radical (unpaired) electrons. The summed E-state index contributed by atoms with van der Waals surface area (Å²) in [6, 6.07) is 18.6. The fourth-order valence-corrected chi connectivity index (χ4v) is 3.56. The molecule has 0 N–H and O–H groups in total. The third-order valence-corrected chi connectivity index (χ3v) is 5.37. The van der Waals surface area contributed by atoms with Crippen molar-refractivity contribution in [1.29, 1.82) is 0 Å². The Balaban J connectivity index is 1.93. The lowest BCUT2D eigenvalue weighted by molar-refractivity contribution is 0.301. The zero-order chi connectivity index (χ0) is 17.9. The van der Waals surface area contributed by atoms with Crippen LogP contribution in [-0.4, -0.2) is 12.4 Å². The molecular formula is C19H17NO4S. The van der Waals surface area contributed by atoms with Gasteiger partial charge in [0.05, 0.1) is 4.90 Å². The molecule has 1 heterocycles. The van der Waals surface area contributed by atoms with Crippen molar-refractivity contribution in [2.45, 2.75) is 18.4 Å². The standard InChI is InChI=1S/C19H17NO4S/c1-15-9-11-17(12-10-15)25(22,23)20-13-5-8-18(19(20)21)24-14-16-6-3-2-4-7-16/h2-13H,14H2,1H3. The average molecular weight is 355 g/mol. The van der Waals surface area contributed by atoms with Gasteiger partial charge in [-0.3, -0.25) is 4.79 Å². The van der Waals surface area contributed by atoms with Crippen molar-refractivity contribution in [2.75, 3.05) is 0 Å². The SMILES string of the molecule is Cc1ccc(S(=O)(=O)n2cccc(OCc3ccccc3)c2=O)cc1. The van der Waals surface area contributed by atoms with Crippen LogP contribution in [0.3, 0.4) is 0 Å². The van der Waals surface area contributed by atoms with Crippen LogP contribution >= 0.6 is 0 Å². The molecule has 0 spiro atoms. The monoisotopic (exact) mass is 355 g/mol. The number of nitrogens with zero attached hydrogens (tertiary/aromatic N) is 1. The van der Waals surface area contributed by atoms with Gasteiger partial charge in [-0.05, 0) is 36.8 Å². The van der Waals surface area contributed by atoms with Gasteiger partial charge in [-0.25, -0.2) is 12.4 Å². The lowest BCUT2D eigenvalue weighted by Gasteiger charge is -2.10. The summed E-state index contributed by atoms with van der Waals surface area (Å²) in [4.78, 5) is 12.6. The zero-order valence-corrected chi connectivity index (χ0v) is 14.4. The number of hydrogen-bond donors (Lipinski definition) is 0. The Bertz CT molecular complexity index is 1020. The third-order valence-electron chi connectivity index (χ3n) is 3.69. The highest BCUT2D eigenvalue weighted by Gasteiger charge is 2.19. The molecule has 0 aliphatic rings. The van der Waals surface area contributed by atoms with E-state index in [4.69, 9.17) is 4.74 Å². The first kappa shape index (κ1) is 17.0. The van der Waals surface area contributed by atoms with Crippen LogP contribution in [0.1, 0.15) is 11.1 Å². The highest BCUT2D eigenvalue weighted by Crippen LogP contribution is 2.15. The Hall–Kier alpha value is -2.86. The van der Waals surface area contributed by atoms with E-state index in [0.717, 1.165) is 11.1 Å². The topological polar surface area (TPSA) is 65.4 Å². The van der Waals surface area contributed by atoms with Gasteiger partial charge in [0.15, 0.2) is 5.75 Å². The molecule has 0 fully saturated rings. The minimum atomic E-state index is -3.97. The molecule has 0 aliphatic heterocycles. The van der Waals surface area contributed by atoms with E-state index < -0.39 is 15.6 Å². The van der Waals surface area contributed by atoms with Crippen LogP contribution in [0.4, 0.5) is 0 Å². The summed E-state index contributed by atoms with van der Waals surface area (Å²) < 4.78 is 31.6. The van der Waals surface area contributed by atoms with Crippen molar-refractivity contribution in [1.82, 2.24) is 3.97 Å². The van der Waals surface area contributed by atoms with Crippen LogP contribution in [0, 0.1) is 6.92 Å². The number of aromatic nitrogens is 1. The van der Waals surface area contributed by atoms with E-state index in [2.05, 4.69) is 0 Å². The Morgan fingerprint density at radius 3 is 2.28 bits per heavy atom. The van der Waals surface area contributed by atoms with Crippen molar-refractivity contribution in [2.24, 2.45) is 0 Å². The van der Waals surface area contributed by atoms with Gasteiger partial charge in [0.2, 0.25) is 0 Å². The molecule has 25 heavy (non-hydrogen) atoms. The molecule has 5 nitrogen and oxygen atoms in total. The average Bonchev–Trinajstić information content (AvgIpc) is 2.62. The van der Waals surface area contributed by atoms with Crippen molar-refractivity contribution in [3.8, 4) is 5.75 Å². The molecule has 0 unspecified atom stereocenters. The summed E-state index contributed by atoms with van der Waals surface area (Å²) >= 11 is 0. The van der Waals surface area contributed by atoms with E-state index >= 15 is 0 Å². The molecule has 0 saturated heterocycles. The highest BCUT2D eigenvalue weighted by atomic mass is 32.2. The van der Waals surface area contributed by atoms with E-state index in [1.807, 2.05) is 37.3 Å². The smallest absolute Gasteiger partial charge is 0.306 e. The maximum Gasteiger partial charge on any atom is 0.306 e. The van der Waals surface area contributed by atoms with Crippen LogP contribution < -0.4 is 10.3 Å². The molecule has 0 bridgehead atoms. The van der Waals surface area contributed by atoms with Gasteiger partial charge >= 0.3 is 5.56 Å². The van der Waals surface area contributed by atoms with Gasteiger partial charge < -0.3 is 4.74 Å². The van der Waals surface area contributed by atoms with Gasteiger partial charge in [0.1, 0.15) is 6.61 Å². The van der Waals surface area contributed by atoms with E-state index in [1.165, 1.54) is 30.5 Å². The van der Waals surface area contributed by atoms with E-state index in [-0.39, 0.29) is 17.3 Å². The van der Waals surface area contributed by atoms with E-state index in [0.29, 0.717) is 3.97 Å².